The van der Waals surface area contributed by atoms with Gasteiger partial charge < -0.3 is 14.4 Å². The molecule has 0 aliphatic rings. The third kappa shape index (κ3) is 4.35. The summed E-state index contributed by atoms with van der Waals surface area (Å²) in [5.41, 5.74) is 4.93. The second-order valence-electron chi connectivity index (χ2n) is 5.58. The predicted molar refractivity (Wildman–Crippen MR) is 107 cm³/mol. The minimum absolute atomic E-state index is 0.138. The summed E-state index contributed by atoms with van der Waals surface area (Å²) in [6.45, 7) is 0. The molecule has 0 saturated heterocycles. The summed E-state index contributed by atoms with van der Waals surface area (Å²) in [6.07, 6.45) is 1.42. The highest BCUT2D eigenvalue weighted by molar-refractivity contribution is 7.99. The quantitative estimate of drug-likeness (QED) is 0.374. The fourth-order valence-electron chi connectivity index (χ4n) is 2.42. The van der Waals surface area contributed by atoms with E-state index in [1.807, 2.05) is 35.9 Å². The van der Waals surface area contributed by atoms with E-state index in [9.17, 15) is 9.90 Å². The number of hydrogen-bond acceptors (Lipinski definition) is 6. The maximum Gasteiger partial charge on any atom is 0.250 e. The number of aromatic hydroxyl groups is 1. The number of imidazole rings is 1. The first-order valence-electron chi connectivity index (χ1n) is 7.92. The summed E-state index contributed by atoms with van der Waals surface area (Å²) in [7, 11) is 3.34. The number of ether oxygens (including phenoxy) is 1. The van der Waals surface area contributed by atoms with E-state index in [2.05, 4.69) is 15.5 Å². The first kappa shape index (κ1) is 19.1. The van der Waals surface area contributed by atoms with Crippen molar-refractivity contribution in [1.29, 1.82) is 0 Å². The van der Waals surface area contributed by atoms with E-state index in [0.717, 1.165) is 16.2 Å². The van der Waals surface area contributed by atoms with E-state index in [-0.39, 0.29) is 28.2 Å². The number of aryl methyl sites for hydroxylation is 1. The van der Waals surface area contributed by atoms with Crippen molar-refractivity contribution in [2.75, 3.05) is 12.9 Å². The molecule has 0 fully saturated rings. The number of thioether (sulfide) groups is 1. The van der Waals surface area contributed by atoms with Crippen LogP contribution in [0.4, 0.5) is 0 Å². The van der Waals surface area contributed by atoms with Crippen LogP contribution in [0, 0.1) is 0 Å². The van der Waals surface area contributed by atoms with Crippen LogP contribution in [-0.4, -0.2) is 39.6 Å². The molecule has 0 spiro atoms. The van der Waals surface area contributed by atoms with Gasteiger partial charge in [-0.15, -0.1) is 0 Å². The summed E-state index contributed by atoms with van der Waals surface area (Å²) in [5.74, 6) is 0.000716. The Labute approximate surface area is 165 Å². The maximum absolute atomic E-state index is 12.0. The van der Waals surface area contributed by atoms with Gasteiger partial charge >= 0.3 is 0 Å². The molecule has 2 N–H and O–H groups in total. The van der Waals surface area contributed by atoms with Crippen LogP contribution in [0.2, 0.25) is 5.02 Å². The van der Waals surface area contributed by atoms with Crippen molar-refractivity contribution in [2.45, 2.75) is 5.16 Å². The lowest BCUT2D eigenvalue weighted by atomic mass is 10.2. The SMILES string of the molecule is COc1cc(/C=N\NC(=O)CSc2nc3ccccc3n2C)cc(Cl)c1O. The summed E-state index contributed by atoms with van der Waals surface area (Å²) in [4.78, 5) is 16.5. The van der Waals surface area contributed by atoms with Gasteiger partial charge in [0, 0.05) is 7.05 Å². The second kappa shape index (κ2) is 8.32. The molecule has 2 aromatic carbocycles. The minimum atomic E-state index is -0.264. The van der Waals surface area contributed by atoms with Gasteiger partial charge in [0.2, 0.25) is 0 Å². The largest absolute Gasteiger partial charge is 0.503 e. The van der Waals surface area contributed by atoms with Crippen LogP contribution in [0.3, 0.4) is 0 Å². The van der Waals surface area contributed by atoms with Gasteiger partial charge in [-0.25, -0.2) is 10.4 Å². The lowest BCUT2D eigenvalue weighted by Crippen LogP contribution is -2.19. The van der Waals surface area contributed by atoms with Crippen molar-refractivity contribution in [3.05, 3.63) is 47.0 Å². The van der Waals surface area contributed by atoms with Crippen molar-refractivity contribution in [3.63, 3.8) is 0 Å². The van der Waals surface area contributed by atoms with Crippen LogP contribution in [0.1, 0.15) is 5.56 Å². The molecule has 1 amide bonds. The number of halogens is 1. The summed E-state index contributed by atoms with van der Waals surface area (Å²) in [5, 5.41) is 14.5. The van der Waals surface area contributed by atoms with Gasteiger partial charge in [0.15, 0.2) is 16.7 Å². The lowest BCUT2D eigenvalue weighted by molar-refractivity contribution is -0.118. The highest BCUT2D eigenvalue weighted by Gasteiger charge is 2.10. The van der Waals surface area contributed by atoms with Crippen molar-refractivity contribution in [3.8, 4) is 11.5 Å². The molecular weight excluding hydrogens is 388 g/mol. The van der Waals surface area contributed by atoms with Crippen LogP contribution in [0.25, 0.3) is 11.0 Å². The van der Waals surface area contributed by atoms with E-state index in [1.165, 1.54) is 31.2 Å². The first-order valence-corrected chi connectivity index (χ1v) is 9.28. The average Bonchev–Trinajstić information content (AvgIpc) is 2.99. The Kier molecular flexibility index (Phi) is 5.88. The smallest absolute Gasteiger partial charge is 0.250 e. The van der Waals surface area contributed by atoms with Crippen molar-refractivity contribution < 1.29 is 14.6 Å². The average molecular weight is 405 g/mol. The molecule has 0 radical (unpaired) electrons. The molecule has 1 aromatic heterocycles. The molecule has 0 bridgehead atoms. The van der Waals surface area contributed by atoms with Crippen molar-refractivity contribution in [1.82, 2.24) is 15.0 Å². The van der Waals surface area contributed by atoms with E-state index in [4.69, 9.17) is 16.3 Å². The van der Waals surface area contributed by atoms with Crippen LogP contribution >= 0.6 is 23.4 Å². The van der Waals surface area contributed by atoms with Crippen LogP contribution in [-0.2, 0) is 11.8 Å². The Morgan fingerprint density at radius 3 is 2.96 bits per heavy atom. The molecule has 7 nitrogen and oxygen atoms in total. The Hall–Kier alpha value is -2.71. The van der Waals surface area contributed by atoms with E-state index < -0.39 is 0 Å². The lowest BCUT2D eigenvalue weighted by Gasteiger charge is -2.06. The first-order chi connectivity index (χ1) is 13.0. The van der Waals surface area contributed by atoms with Crippen LogP contribution < -0.4 is 10.2 Å². The summed E-state index contributed by atoms with van der Waals surface area (Å²) in [6, 6.07) is 10.9. The van der Waals surface area contributed by atoms with Gasteiger partial charge in [-0.2, -0.15) is 5.10 Å². The monoisotopic (exact) mass is 404 g/mol. The molecule has 9 heteroatoms. The Morgan fingerprint density at radius 1 is 1.44 bits per heavy atom. The number of phenolic OH excluding ortho intramolecular Hbond substituents is 1. The van der Waals surface area contributed by atoms with Crippen molar-refractivity contribution in [2.24, 2.45) is 12.1 Å². The zero-order valence-electron chi connectivity index (χ0n) is 14.6. The summed E-state index contributed by atoms with van der Waals surface area (Å²) < 4.78 is 6.97. The number of para-hydroxylation sites is 2. The van der Waals surface area contributed by atoms with Gasteiger partial charge in [0.05, 0.1) is 35.1 Å². The highest BCUT2D eigenvalue weighted by Crippen LogP contribution is 2.34. The number of carbonyl (C=O) groups is 1. The second-order valence-corrected chi connectivity index (χ2v) is 6.93. The number of benzene rings is 2. The molecule has 0 unspecified atom stereocenters. The summed E-state index contributed by atoms with van der Waals surface area (Å²) >= 11 is 7.24. The fourth-order valence-corrected chi connectivity index (χ4v) is 3.42. The number of hydrazone groups is 1. The number of aromatic nitrogens is 2. The molecule has 140 valence electrons. The molecule has 1 heterocycles. The number of methoxy groups -OCH3 is 1. The zero-order chi connectivity index (χ0) is 19.4. The van der Waals surface area contributed by atoms with Gasteiger partial charge in [-0.05, 0) is 29.8 Å². The van der Waals surface area contributed by atoms with Gasteiger partial charge in [0.25, 0.3) is 5.91 Å². The third-order valence-corrected chi connectivity index (χ3v) is 5.07. The standard InChI is InChI=1S/C18H17ClN4O3S/c1-23-14-6-4-3-5-13(14)21-18(23)27-10-16(24)22-20-9-11-7-12(19)17(25)15(8-11)26-2/h3-9,25H,10H2,1-2H3,(H,22,24)/b20-9-. The van der Waals surface area contributed by atoms with Crippen molar-refractivity contribution >= 4 is 46.5 Å². The molecule has 0 saturated carbocycles. The topological polar surface area (TPSA) is 88.7 Å². The maximum atomic E-state index is 12.0. The number of nitrogens with one attached hydrogen (secondary N) is 1. The third-order valence-electron chi connectivity index (χ3n) is 3.75. The molecule has 3 aromatic rings. The minimum Gasteiger partial charge on any atom is -0.503 e. The molecule has 3 rings (SSSR count). The molecule has 0 aliphatic heterocycles. The number of carbonyl (C=O) groups excluding carboxylic acids is 1. The van der Waals surface area contributed by atoms with E-state index >= 15 is 0 Å². The van der Waals surface area contributed by atoms with Gasteiger partial charge in [-0.3, -0.25) is 4.79 Å². The predicted octanol–water partition coefficient (Wildman–Crippen LogP) is 3.18. The number of nitrogens with zero attached hydrogens (tertiary/aromatic N) is 3. The van der Waals surface area contributed by atoms with Gasteiger partial charge in [0.1, 0.15) is 0 Å². The Balaban J connectivity index is 1.59. The number of phenols is 1. The Bertz CT molecular complexity index is 1020. The normalized spacial score (nSPS) is 11.2. The number of amides is 1. The highest BCUT2D eigenvalue weighted by atomic mass is 35.5. The van der Waals surface area contributed by atoms with Gasteiger partial charge in [-0.1, -0.05) is 35.5 Å². The molecule has 27 heavy (non-hydrogen) atoms. The molecule has 0 aliphatic carbocycles. The van der Waals surface area contributed by atoms with E-state index in [0.29, 0.717) is 5.56 Å². The van der Waals surface area contributed by atoms with E-state index in [1.54, 1.807) is 6.07 Å². The molecule has 0 atom stereocenters. The zero-order valence-corrected chi connectivity index (χ0v) is 16.2. The van der Waals surface area contributed by atoms with Crippen LogP contribution in [0.5, 0.6) is 11.5 Å². The number of hydrogen-bond donors (Lipinski definition) is 2. The van der Waals surface area contributed by atoms with Crippen LogP contribution in [0.15, 0.2) is 46.7 Å². The number of fused-ring (bicyclic) bond motifs is 1. The number of rotatable bonds is 6. The fraction of sp³-hybridized carbons (Fsp3) is 0.167. The molecular formula is C18H17ClN4O3S. The Morgan fingerprint density at radius 2 is 2.22 bits per heavy atom.